The van der Waals surface area contributed by atoms with Crippen molar-refractivity contribution < 1.29 is 4.74 Å². The summed E-state index contributed by atoms with van der Waals surface area (Å²) in [6.07, 6.45) is 1.75. The minimum atomic E-state index is 0.534. The minimum absolute atomic E-state index is 0.534. The molecule has 0 fully saturated rings. The number of aryl methyl sites for hydroxylation is 1. The molecule has 90 valence electrons. The van der Waals surface area contributed by atoms with Crippen LogP contribution in [0.4, 0.5) is 11.5 Å². The highest BCUT2D eigenvalue weighted by atomic mass is 16.5. The lowest BCUT2D eigenvalue weighted by atomic mass is 10.3. The van der Waals surface area contributed by atoms with Crippen molar-refractivity contribution in [2.24, 2.45) is 7.05 Å². The maximum Gasteiger partial charge on any atom is 0.215 e. The van der Waals surface area contributed by atoms with Gasteiger partial charge in [-0.3, -0.25) is 4.68 Å². The number of nitrogen functional groups attached to an aromatic ring is 1. The molecule has 2 aromatic heterocycles. The van der Waals surface area contributed by atoms with Gasteiger partial charge in [0.25, 0.3) is 0 Å². The van der Waals surface area contributed by atoms with Crippen molar-refractivity contribution in [1.82, 2.24) is 14.8 Å². The molecule has 0 saturated carbocycles. The van der Waals surface area contributed by atoms with E-state index in [2.05, 4.69) is 15.4 Å². The summed E-state index contributed by atoms with van der Waals surface area (Å²) in [6, 6.07) is 5.42. The molecule has 2 heterocycles. The molecule has 6 heteroatoms. The number of aromatic nitrogens is 3. The summed E-state index contributed by atoms with van der Waals surface area (Å²) < 4.78 is 6.84. The fourth-order valence-corrected chi connectivity index (χ4v) is 1.46. The van der Waals surface area contributed by atoms with E-state index in [0.29, 0.717) is 23.9 Å². The maximum atomic E-state index is 5.82. The molecule has 2 rings (SSSR count). The van der Waals surface area contributed by atoms with E-state index in [1.165, 1.54) is 0 Å². The summed E-state index contributed by atoms with van der Waals surface area (Å²) in [5, 5.41) is 7.24. The Hall–Kier alpha value is -2.24. The van der Waals surface area contributed by atoms with Gasteiger partial charge in [-0.2, -0.15) is 10.1 Å². The lowest BCUT2D eigenvalue weighted by molar-refractivity contribution is 0.398. The van der Waals surface area contributed by atoms with Crippen molar-refractivity contribution in [2.75, 3.05) is 18.2 Å². The molecule has 3 N–H and O–H groups in total. The van der Waals surface area contributed by atoms with Crippen LogP contribution >= 0.6 is 0 Å². The van der Waals surface area contributed by atoms with Crippen LogP contribution in [0.15, 0.2) is 24.4 Å². The Labute approximate surface area is 99.4 Å². The van der Waals surface area contributed by atoms with Crippen LogP contribution in [0.5, 0.6) is 5.88 Å². The number of methoxy groups -OCH3 is 1. The van der Waals surface area contributed by atoms with Crippen LogP contribution in [0, 0.1) is 0 Å². The number of rotatable bonds is 4. The molecule has 0 aromatic carbocycles. The van der Waals surface area contributed by atoms with E-state index in [9.17, 15) is 0 Å². The smallest absolute Gasteiger partial charge is 0.215 e. The number of nitrogens with zero attached hydrogens (tertiary/aromatic N) is 3. The third-order valence-corrected chi connectivity index (χ3v) is 2.47. The zero-order valence-corrected chi connectivity index (χ0v) is 9.84. The zero-order chi connectivity index (χ0) is 12.3. The van der Waals surface area contributed by atoms with Gasteiger partial charge >= 0.3 is 0 Å². The number of nitrogens with two attached hydrogens (primary N) is 1. The molecule has 0 amide bonds. The Morgan fingerprint density at radius 1 is 1.41 bits per heavy atom. The topological polar surface area (TPSA) is 78.0 Å². The van der Waals surface area contributed by atoms with E-state index in [4.69, 9.17) is 10.5 Å². The van der Waals surface area contributed by atoms with Crippen molar-refractivity contribution in [3.8, 4) is 5.88 Å². The second-order valence-electron chi connectivity index (χ2n) is 3.59. The predicted octanol–water partition coefficient (Wildman–Crippen LogP) is 1.02. The number of anilines is 2. The van der Waals surface area contributed by atoms with Gasteiger partial charge in [0.15, 0.2) is 5.82 Å². The van der Waals surface area contributed by atoms with Crippen LogP contribution < -0.4 is 15.8 Å². The van der Waals surface area contributed by atoms with Crippen molar-refractivity contribution in [3.05, 3.63) is 30.1 Å². The Morgan fingerprint density at radius 3 is 2.88 bits per heavy atom. The maximum absolute atomic E-state index is 5.82. The van der Waals surface area contributed by atoms with Crippen LogP contribution in [0.3, 0.4) is 0 Å². The van der Waals surface area contributed by atoms with Crippen LogP contribution in [-0.2, 0) is 13.6 Å². The van der Waals surface area contributed by atoms with Gasteiger partial charge in [-0.15, -0.1) is 0 Å². The third kappa shape index (κ3) is 2.47. The summed E-state index contributed by atoms with van der Waals surface area (Å²) in [6.45, 7) is 0.612. The number of pyridine rings is 1. The summed E-state index contributed by atoms with van der Waals surface area (Å²) in [5.74, 6) is 1.15. The van der Waals surface area contributed by atoms with Gasteiger partial charge in [0, 0.05) is 19.3 Å². The summed E-state index contributed by atoms with van der Waals surface area (Å²) in [7, 11) is 3.46. The molecule has 0 aliphatic heterocycles. The Kier molecular flexibility index (Phi) is 3.13. The first-order valence-electron chi connectivity index (χ1n) is 5.22. The number of hydrogen-bond donors (Lipinski definition) is 2. The second kappa shape index (κ2) is 4.73. The average molecular weight is 233 g/mol. The number of ether oxygens (including phenoxy) is 1. The molecule has 0 aliphatic carbocycles. The third-order valence-electron chi connectivity index (χ3n) is 2.47. The first kappa shape index (κ1) is 11.3. The zero-order valence-electron chi connectivity index (χ0n) is 9.84. The molecule has 0 radical (unpaired) electrons. The normalized spacial score (nSPS) is 10.2. The number of hydrogen-bond acceptors (Lipinski definition) is 5. The quantitative estimate of drug-likeness (QED) is 0.824. The van der Waals surface area contributed by atoms with Crippen molar-refractivity contribution in [2.45, 2.75) is 6.54 Å². The summed E-state index contributed by atoms with van der Waals surface area (Å²) >= 11 is 0. The molecule has 0 unspecified atom stereocenters. The fraction of sp³-hybridized carbons (Fsp3) is 0.273. The largest absolute Gasteiger partial charge is 0.481 e. The molecule has 0 spiro atoms. The first-order chi connectivity index (χ1) is 8.20. The van der Waals surface area contributed by atoms with E-state index < -0.39 is 0 Å². The number of nitrogens with one attached hydrogen (secondary N) is 1. The molecule has 0 saturated heterocycles. The van der Waals surface area contributed by atoms with Gasteiger partial charge in [0.2, 0.25) is 5.88 Å². The first-order valence-corrected chi connectivity index (χ1v) is 5.22. The molecule has 0 aliphatic rings. The fourth-order valence-electron chi connectivity index (χ4n) is 1.46. The van der Waals surface area contributed by atoms with Crippen molar-refractivity contribution in [1.29, 1.82) is 0 Å². The van der Waals surface area contributed by atoms with Gasteiger partial charge in [0.1, 0.15) is 0 Å². The Bertz CT molecular complexity index is 508. The van der Waals surface area contributed by atoms with Crippen LogP contribution in [-0.4, -0.2) is 21.9 Å². The lowest BCUT2D eigenvalue weighted by Gasteiger charge is -2.09. The van der Waals surface area contributed by atoms with Crippen molar-refractivity contribution in [3.63, 3.8) is 0 Å². The van der Waals surface area contributed by atoms with Gasteiger partial charge in [-0.1, -0.05) is 0 Å². The van der Waals surface area contributed by atoms with E-state index in [1.807, 2.05) is 13.1 Å². The molecular formula is C11H15N5O. The molecule has 2 aromatic rings. The van der Waals surface area contributed by atoms with E-state index in [0.717, 1.165) is 5.69 Å². The predicted molar refractivity (Wildman–Crippen MR) is 65.7 cm³/mol. The molecule has 0 bridgehead atoms. The highest BCUT2D eigenvalue weighted by Crippen LogP contribution is 2.19. The van der Waals surface area contributed by atoms with Crippen molar-refractivity contribution >= 4 is 11.5 Å². The van der Waals surface area contributed by atoms with E-state index in [-0.39, 0.29) is 0 Å². The molecular weight excluding hydrogens is 218 g/mol. The summed E-state index contributed by atoms with van der Waals surface area (Å²) in [5.41, 5.74) is 7.46. The van der Waals surface area contributed by atoms with Gasteiger partial charge in [-0.25, -0.2) is 0 Å². The average Bonchev–Trinajstić information content (AvgIpc) is 2.74. The highest BCUT2D eigenvalue weighted by molar-refractivity contribution is 5.61. The summed E-state index contributed by atoms with van der Waals surface area (Å²) in [4.78, 5) is 4.23. The van der Waals surface area contributed by atoms with Crippen LogP contribution in [0.25, 0.3) is 0 Å². The molecule has 0 atom stereocenters. The SMILES string of the molecule is COc1ccc(N)c(NCc2ccnn2C)n1. The minimum Gasteiger partial charge on any atom is -0.481 e. The van der Waals surface area contributed by atoms with Gasteiger partial charge in [-0.05, 0) is 12.1 Å². The van der Waals surface area contributed by atoms with Crippen LogP contribution in [0.1, 0.15) is 5.69 Å². The monoisotopic (exact) mass is 233 g/mol. The van der Waals surface area contributed by atoms with Crippen LogP contribution in [0.2, 0.25) is 0 Å². The molecule has 6 nitrogen and oxygen atoms in total. The lowest BCUT2D eigenvalue weighted by Crippen LogP contribution is -2.08. The second-order valence-corrected chi connectivity index (χ2v) is 3.59. The molecule has 17 heavy (non-hydrogen) atoms. The van der Waals surface area contributed by atoms with E-state index >= 15 is 0 Å². The van der Waals surface area contributed by atoms with Gasteiger partial charge < -0.3 is 15.8 Å². The Morgan fingerprint density at radius 2 is 2.24 bits per heavy atom. The highest BCUT2D eigenvalue weighted by Gasteiger charge is 2.04. The Balaban J connectivity index is 2.11. The van der Waals surface area contributed by atoms with E-state index in [1.54, 1.807) is 30.1 Å². The van der Waals surface area contributed by atoms with Gasteiger partial charge in [0.05, 0.1) is 25.0 Å². The standard InChI is InChI=1S/C11H15N5O/c1-16-8(5-6-14-16)7-13-11-9(12)3-4-10(15-11)17-2/h3-6H,7,12H2,1-2H3,(H,13,15).